The molecule has 120 valence electrons. The summed E-state index contributed by atoms with van der Waals surface area (Å²) in [4.78, 5) is 18.3. The first-order valence-corrected chi connectivity index (χ1v) is 7.76. The number of benzene rings is 2. The third-order valence-electron chi connectivity index (χ3n) is 4.30. The highest BCUT2D eigenvalue weighted by molar-refractivity contribution is 5.94. The van der Waals surface area contributed by atoms with Crippen LogP contribution in [0.25, 0.3) is 11.3 Å². The average molecular weight is 320 g/mol. The summed E-state index contributed by atoms with van der Waals surface area (Å²) >= 11 is 0. The second-order valence-electron chi connectivity index (χ2n) is 5.84. The maximum atomic E-state index is 12.7. The lowest BCUT2D eigenvalue weighted by molar-refractivity contribution is 0.0550. The summed E-state index contributed by atoms with van der Waals surface area (Å²) in [5.41, 5.74) is 3.35. The molecule has 1 aromatic heterocycles. The average Bonchev–Trinajstić information content (AvgIpc) is 3.16. The van der Waals surface area contributed by atoms with E-state index in [1.165, 1.54) is 6.39 Å². The van der Waals surface area contributed by atoms with Gasteiger partial charge in [-0.25, -0.2) is 4.98 Å². The maximum absolute atomic E-state index is 12.7. The van der Waals surface area contributed by atoms with E-state index in [9.17, 15) is 9.90 Å². The SMILES string of the molecule is O=C(c1ccc(-c2cnco2)cc1)N1Cc2ccccc2[C@@H](O)C1. The fourth-order valence-electron chi connectivity index (χ4n) is 3.05. The molecule has 24 heavy (non-hydrogen) atoms. The molecule has 1 aliphatic rings. The number of carbonyl (C=O) groups is 1. The molecule has 0 saturated heterocycles. The molecule has 0 spiro atoms. The molecule has 5 nitrogen and oxygen atoms in total. The number of hydrogen-bond donors (Lipinski definition) is 1. The van der Waals surface area contributed by atoms with Crippen LogP contribution >= 0.6 is 0 Å². The predicted molar refractivity (Wildman–Crippen MR) is 88.1 cm³/mol. The van der Waals surface area contributed by atoms with Crippen molar-refractivity contribution in [2.24, 2.45) is 0 Å². The van der Waals surface area contributed by atoms with Crippen molar-refractivity contribution in [3.8, 4) is 11.3 Å². The second-order valence-corrected chi connectivity index (χ2v) is 5.84. The number of oxazole rings is 1. The molecule has 3 aromatic rings. The molecule has 0 radical (unpaired) electrons. The second kappa shape index (κ2) is 5.94. The summed E-state index contributed by atoms with van der Waals surface area (Å²) in [5.74, 6) is 0.573. The summed E-state index contributed by atoms with van der Waals surface area (Å²) in [6.45, 7) is 0.815. The maximum Gasteiger partial charge on any atom is 0.254 e. The fraction of sp³-hybridized carbons (Fsp3) is 0.158. The summed E-state index contributed by atoms with van der Waals surface area (Å²) in [5, 5.41) is 10.3. The molecule has 2 heterocycles. The number of aliphatic hydroxyl groups excluding tert-OH is 1. The zero-order valence-electron chi connectivity index (χ0n) is 12.9. The van der Waals surface area contributed by atoms with E-state index in [0.717, 1.165) is 16.7 Å². The van der Waals surface area contributed by atoms with Crippen LogP contribution in [0.4, 0.5) is 0 Å². The van der Waals surface area contributed by atoms with Gasteiger partial charge in [-0.1, -0.05) is 36.4 Å². The van der Waals surface area contributed by atoms with Crippen LogP contribution < -0.4 is 0 Å². The van der Waals surface area contributed by atoms with E-state index in [1.807, 2.05) is 36.4 Å². The Morgan fingerprint density at radius 3 is 2.71 bits per heavy atom. The van der Waals surface area contributed by atoms with Crippen molar-refractivity contribution >= 4 is 5.91 Å². The number of hydrogen-bond acceptors (Lipinski definition) is 4. The van der Waals surface area contributed by atoms with Crippen LogP contribution in [0.1, 0.15) is 27.6 Å². The van der Waals surface area contributed by atoms with Crippen molar-refractivity contribution < 1.29 is 14.3 Å². The van der Waals surface area contributed by atoms with Crippen LogP contribution in [0.2, 0.25) is 0 Å². The van der Waals surface area contributed by atoms with Crippen molar-refractivity contribution in [1.29, 1.82) is 0 Å². The molecule has 2 aromatic carbocycles. The molecule has 0 unspecified atom stereocenters. The van der Waals surface area contributed by atoms with Crippen LogP contribution in [0.5, 0.6) is 0 Å². The Hall–Kier alpha value is -2.92. The number of nitrogens with zero attached hydrogens (tertiary/aromatic N) is 2. The quantitative estimate of drug-likeness (QED) is 0.788. The summed E-state index contributed by atoms with van der Waals surface area (Å²) < 4.78 is 5.25. The lowest BCUT2D eigenvalue weighted by atomic mass is 9.97. The van der Waals surface area contributed by atoms with E-state index in [0.29, 0.717) is 24.4 Å². The van der Waals surface area contributed by atoms with E-state index >= 15 is 0 Å². The molecular weight excluding hydrogens is 304 g/mol. The van der Waals surface area contributed by atoms with E-state index in [1.54, 1.807) is 23.2 Å². The number of fused-ring (bicyclic) bond motifs is 1. The van der Waals surface area contributed by atoms with E-state index < -0.39 is 6.10 Å². The first-order valence-electron chi connectivity index (χ1n) is 7.76. The topological polar surface area (TPSA) is 66.6 Å². The van der Waals surface area contributed by atoms with Gasteiger partial charge in [-0.2, -0.15) is 0 Å². The van der Waals surface area contributed by atoms with Crippen LogP contribution in [-0.2, 0) is 6.54 Å². The lowest BCUT2D eigenvalue weighted by Gasteiger charge is -2.32. The van der Waals surface area contributed by atoms with Crippen LogP contribution in [0.3, 0.4) is 0 Å². The number of amides is 1. The van der Waals surface area contributed by atoms with Gasteiger partial charge in [0.05, 0.1) is 18.8 Å². The van der Waals surface area contributed by atoms with Gasteiger partial charge in [0, 0.05) is 17.7 Å². The Balaban J connectivity index is 1.56. The monoisotopic (exact) mass is 320 g/mol. The molecular formula is C19H16N2O3. The van der Waals surface area contributed by atoms with Crippen LogP contribution in [-0.4, -0.2) is 27.4 Å². The van der Waals surface area contributed by atoms with Gasteiger partial charge in [0.1, 0.15) is 0 Å². The highest BCUT2D eigenvalue weighted by Crippen LogP contribution is 2.27. The Morgan fingerprint density at radius 1 is 1.17 bits per heavy atom. The summed E-state index contributed by atoms with van der Waals surface area (Å²) in [6.07, 6.45) is 2.36. The third kappa shape index (κ3) is 2.59. The normalized spacial score (nSPS) is 16.7. The number of β-amino-alcohol motifs (C(OH)–C–C–N with tert-alkyl or cyclic N) is 1. The number of rotatable bonds is 2. The van der Waals surface area contributed by atoms with Gasteiger partial charge in [0.25, 0.3) is 5.91 Å². The van der Waals surface area contributed by atoms with Crippen LogP contribution in [0, 0.1) is 0 Å². The van der Waals surface area contributed by atoms with Gasteiger partial charge < -0.3 is 14.4 Å². The Morgan fingerprint density at radius 2 is 1.96 bits per heavy atom. The smallest absolute Gasteiger partial charge is 0.254 e. The molecule has 0 saturated carbocycles. The molecule has 5 heteroatoms. The van der Waals surface area contributed by atoms with Crippen molar-refractivity contribution in [2.75, 3.05) is 6.54 Å². The molecule has 1 aliphatic heterocycles. The van der Waals surface area contributed by atoms with Crippen molar-refractivity contribution in [2.45, 2.75) is 12.6 Å². The van der Waals surface area contributed by atoms with Gasteiger partial charge in [0.2, 0.25) is 0 Å². The van der Waals surface area contributed by atoms with Gasteiger partial charge in [0.15, 0.2) is 12.2 Å². The molecule has 0 fully saturated rings. The Labute approximate surface area is 139 Å². The largest absolute Gasteiger partial charge is 0.444 e. The van der Waals surface area contributed by atoms with Gasteiger partial charge in [-0.05, 0) is 23.3 Å². The minimum absolute atomic E-state index is 0.0901. The number of aliphatic hydroxyl groups is 1. The first-order chi connectivity index (χ1) is 11.7. The van der Waals surface area contributed by atoms with Gasteiger partial charge in [-0.15, -0.1) is 0 Å². The van der Waals surface area contributed by atoms with Crippen molar-refractivity contribution in [3.05, 3.63) is 77.8 Å². The third-order valence-corrected chi connectivity index (χ3v) is 4.30. The summed E-state index contributed by atoms with van der Waals surface area (Å²) in [7, 11) is 0. The first kappa shape index (κ1) is 14.7. The fourth-order valence-corrected chi connectivity index (χ4v) is 3.05. The number of carbonyl (C=O) groups excluding carboxylic acids is 1. The molecule has 1 amide bonds. The van der Waals surface area contributed by atoms with E-state index in [-0.39, 0.29) is 5.91 Å². The predicted octanol–water partition coefficient (Wildman–Crippen LogP) is 3.03. The van der Waals surface area contributed by atoms with E-state index in [2.05, 4.69) is 4.98 Å². The summed E-state index contributed by atoms with van der Waals surface area (Å²) in [6, 6.07) is 14.9. The highest BCUT2D eigenvalue weighted by atomic mass is 16.3. The Kier molecular flexibility index (Phi) is 3.63. The molecule has 0 bridgehead atoms. The van der Waals surface area contributed by atoms with Crippen LogP contribution in [0.15, 0.2) is 65.5 Å². The van der Waals surface area contributed by atoms with Gasteiger partial charge in [-0.3, -0.25) is 4.79 Å². The molecule has 1 N–H and O–H groups in total. The molecule has 0 aliphatic carbocycles. The minimum Gasteiger partial charge on any atom is -0.444 e. The lowest BCUT2D eigenvalue weighted by Crippen LogP contribution is -2.38. The Bertz CT molecular complexity index is 857. The minimum atomic E-state index is -0.646. The molecule has 4 rings (SSSR count). The standard InChI is InChI=1S/C19H16N2O3/c22-17-11-21(10-15-3-1-2-4-16(15)17)19(23)14-7-5-13(6-8-14)18-9-20-12-24-18/h1-9,12,17,22H,10-11H2/t17-/m0/s1. The molecule has 1 atom stereocenters. The van der Waals surface area contributed by atoms with Gasteiger partial charge >= 0.3 is 0 Å². The zero-order chi connectivity index (χ0) is 16.5. The number of aromatic nitrogens is 1. The van der Waals surface area contributed by atoms with E-state index in [4.69, 9.17) is 4.42 Å². The van der Waals surface area contributed by atoms with Crippen molar-refractivity contribution in [3.63, 3.8) is 0 Å². The highest BCUT2D eigenvalue weighted by Gasteiger charge is 2.27. The van der Waals surface area contributed by atoms with Crippen molar-refractivity contribution in [1.82, 2.24) is 9.88 Å². The zero-order valence-corrected chi connectivity index (χ0v) is 12.9.